The van der Waals surface area contributed by atoms with E-state index in [1.54, 1.807) is 24.3 Å². The number of ether oxygens (including phenoxy) is 2. The molecule has 3 atom stereocenters. The molecule has 0 amide bonds. The quantitative estimate of drug-likeness (QED) is 0.255. The summed E-state index contributed by atoms with van der Waals surface area (Å²) in [6, 6.07) is 16.7. The molecule has 1 aliphatic heterocycles. The molecule has 0 aliphatic carbocycles. The van der Waals surface area contributed by atoms with Crippen molar-refractivity contribution in [3.8, 4) is 39.7 Å². The molecule has 40 heavy (non-hydrogen) atoms. The third-order valence-corrected chi connectivity index (χ3v) is 6.87. The highest BCUT2D eigenvalue weighted by atomic mass is 19.1. The summed E-state index contributed by atoms with van der Waals surface area (Å²) in [5.74, 6) is -1.13. The van der Waals surface area contributed by atoms with Gasteiger partial charge in [-0.15, -0.1) is 0 Å². The molecule has 1 fully saturated rings. The van der Waals surface area contributed by atoms with E-state index >= 15 is 8.78 Å². The first-order valence-corrected chi connectivity index (χ1v) is 12.6. The van der Waals surface area contributed by atoms with Gasteiger partial charge in [-0.05, 0) is 16.7 Å². The van der Waals surface area contributed by atoms with Crippen LogP contribution in [0.4, 0.5) is 8.78 Å². The Hall–Kier alpha value is -4.45. The van der Waals surface area contributed by atoms with Crippen molar-refractivity contribution >= 4 is 11.0 Å². The first kappa shape index (κ1) is 25.8. The van der Waals surface area contributed by atoms with Gasteiger partial charge in [-0.1, -0.05) is 48.5 Å². The standard InChI is InChI=1S/C29H24F2N4O5/c30-20-12-21-27(35-29(33-21)40-19-11-22(37)23(13-36)39-14-19)26(31)25(20)17-5-1-15(2-6-17)16-3-7-18(8-4-16)28-32-10-9-24(38)34-28/h1-10,12,19,22-23,36-37H,11,13-14H2,(H,33,35)(H,32,34,38). The topological polar surface area (TPSA) is 133 Å². The van der Waals surface area contributed by atoms with Gasteiger partial charge in [0.1, 0.15) is 29.4 Å². The maximum absolute atomic E-state index is 15.5. The van der Waals surface area contributed by atoms with Crippen LogP contribution in [0.2, 0.25) is 0 Å². The predicted molar refractivity (Wildman–Crippen MR) is 143 cm³/mol. The number of aromatic nitrogens is 4. The first-order chi connectivity index (χ1) is 19.4. The van der Waals surface area contributed by atoms with Crippen molar-refractivity contribution in [3.05, 3.63) is 88.8 Å². The fourth-order valence-electron chi connectivity index (χ4n) is 4.79. The van der Waals surface area contributed by atoms with Gasteiger partial charge in [0.05, 0.1) is 30.4 Å². The number of nitrogens with one attached hydrogen (secondary N) is 2. The molecule has 11 heteroatoms. The van der Waals surface area contributed by atoms with E-state index in [-0.39, 0.29) is 47.8 Å². The number of H-pyrrole nitrogens is 2. The van der Waals surface area contributed by atoms with Crippen LogP contribution in [0, 0.1) is 11.6 Å². The van der Waals surface area contributed by atoms with Crippen LogP contribution in [0.1, 0.15) is 6.42 Å². The van der Waals surface area contributed by atoms with E-state index in [2.05, 4.69) is 19.9 Å². The summed E-state index contributed by atoms with van der Waals surface area (Å²) in [5.41, 5.74) is 2.40. The van der Waals surface area contributed by atoms with Gasteiger partial charge in [-0.3, -0.25) is 4.79 Å². The number of hydrogen-bond donors (Lipinski definition) is 4. The smallest absolute Gasteiger partial charge is 0.295 e. The lowest BCUT2D eigenvalue weighted by Gasteiger charge is -2.31. The number of halogens is 2. The van der Waals surface area contributed by atoms with Crippen LogP contribution in [0.15, 0.2) is 71.7 Å². The number of aliphatic hydroxyl groups is 2. The highest BCUT2D eigenvalue weighted by molar-refractivity contribution is 5.84. The molecule has 0 radical (unpaired) electrons. The van der Waals surface area contributed by atoms with Gasteiger partial charge in [-0.25, -0.2) is 13.8 Å². The Morgan fingerprint density at radius 3 is 2.30 bits per heavy atom. The predicted octanol–water partition coefficient (Wildman–Crippen LogP) is 3.81. The maximum atomic E-state index is 15.5. The molecule has 204 valence electrons. The fraction of sp³-hybridized carbons (Fsp3) is 0.207. The molecule has 4 N–H and O–H groups in total. The Morgan fingerprint density at radius 1 is 0.975 bits per heavy atom. The molecule has 1 aliphatic rings. The molecule has 5 aromatic rings. The van der Waals surface area contributed by atoms with E-state index < -0.39 is 29.9 Å². The van der Waals surface area contributed by atoms with Crippen molar-refractivity contribution in [2.45, 2.75) is 24.7 Å². The molecule has 1 saturated heterocycles. The Balaban J connectivity index is 1.23. The van der Waals surface area contributed by atoms with Gasteiger partial charge in [0, 0.05) is 30.3 Å². The molecular weight excluding hydrogens is 522 g/mol. The zero-order valence-corrected chi connectivity index (χ0v) is 21.0. The van der Waals surface area contributed by atoms with Crippen molar-refractivity contribution in [1.29, 1.82) is 0 Å². The number of rotatable bonds is 6. The number of aromatic amines is 2. The van der Waals surface area contributed by atoms with Crippen LogP contribution in [-0.4, -0.2) is 61.7 Å². The SMILES string of the molecule is O=c1ccnc(-c2ccc(-c3ccc(-c4c(F)cc5[nH]c(OC6COC(CO)C(O)C6)nc5c4F)cc3)cc2)[nH]1. The summed E-state index contributed by atoms with van der Waals surface area (Å²) in [5, 5.41) is 19.2. The minimum atomic E-state index is -0.916. The lowest BCUT2D eigenvalue weighted by atomic mass is 9.98. The Bertz CT molecular complexity index is 1720. The monoisotopic (exact) mass is 546 g/mol. The van der Waals surface area contributed by atoms with Crippen molar-refractivity contribution in [2.75, 3.05) is 13.2 Å². The van der Waals surface area contributed by atoms with E-state index in [9.17, 15) is 15.0 Å². The van der Waals surface area contributed by atoms with E-state index in [1.165, 1.54) is 12.3 Å². The number of hydrogen-bond acceptors (Lipinski definition) is 7. The van der Waals surface area contributed by atoms with Crippen LogP contribution in [0.25, 0.3) is 44.7 Å². The van der Waals surface area contributed by atoms with Gasteiger partial charge in [0.15, 0.2) is 5.82 Å². The summed E-state index contributed by atoms with van der Waals surface area (Å²) in [6.07, 6.45) is -0.534. The molecule has 0 bridgehead atoms. The summed E-state index contributed by atoms with van der Waals surface area (Å²) in [6.45, 7) is -0.201. The number of fused-ring (bicyclic) bond motifs is 1. The highest BCUT2D eigenvalue weighted by Gasteiger charge is 2.31. The lowest BCUT2D eigenvalue weighted by Crippen LogP contribution is -2.45. The minimum absolute atomic E-state index is 0.0257. The number of imidazole rings is 1. The summed E-state index contributed by atoms with van der Waals surface area (Å²) in [4.78, 5) is 25.3. The van der Waals surface area contributed by atoms with Crippen LogP contribution < -0.4 is 10.3 Å². The van der Waals surface area contributed by atoms with Gasteiger partial charge in [-0.2, -0.15) is 4.98 Å². The van der Waals surface area contributed by atoms with Crippen LogP contribution in [0.3, 0.4) is 0 Å². The van der Waals surface area contributed by atoms with Crippen molar-refractivity contribution in [2.24, 2.45) is 0 Å². The molecule has 9 nitrogen and oxygen atoms in total. The average molecular weight is 547 g/mol. The molecule has 2 aromatic heterocycles. The second-order valence-electron chi connectivity index (χ2n) is 9.52. The fourth-order valence-corrected chi connectivity index (χ4v) is 4.79. The normalized spacial score (nSPS) is 19.1. The van der Waals surface area contributed by atoms with Crippen molar-refractivity contribution in [1.82, 2.24) is 19.9 Å². The molecule has 3 heterocycles. The third kappa shape index (κ3) is 4.97. The molecule has 3 unspecified atom stereocenters. The summed E-state index contributed by atoms with van der Waals surface area (Å²) >= 11 is 0. The number of benzene rings is 3. The van der Waals surface area contributed by atoms with Crippen LogP contribution >= 0.6 is 0 Å². The van der Waals surface area contributed by atoms with Crippen molar-refractivity contribution < 1.29 is 28.5 Å². The second-order valence-corrected chi connectivity index (χ2v) is 9.52. The van der Waals surface area contributed by atoms with Gasteiger partial charge in [0.2, 0.25) is 0 Å². The van der Waals surface area contributed by atoms with E-state index in [0.717, 1.165) is 22.8 Å². The number of nitrogens with zero attached hydrogens (tertiary/aromatic N) is 2. The van der Waals surface area contributed by atoms with E-state index in [1.807, 2.05) is 24.3 Å². The van der Waals surface area contributed by atoms with Crippen LogP contribution in [-0.2, 0) is 4.74 Å². The maximum Gasteiger partial charge on any atom is 0.295 e. The Kier molecular flexibility index (Phi) is 6.84. The zero-order valence-electron chi connectivity index (χ0n) is 21.0. The number of aliphatic hydroxyl groups excluding tert-OH is 2. The van der Waals surface area contributed by atoms with E-state index in [0.29, 0.717) is 11.4 Å². The second kappa shape index (κ2) is 10.6. The molecular formula is C29H24F2N4O5. The van der Waals surface area contributed by atoms with E-state index in [4.69, 9.17) is 9.47 Å². The molecule has 3 aromatic carbocycles. The zero-order chi connectivity index (χ0) is 27.8. The summed E-state index contributed by atoms with van der Waals surface area (Å²) < 4.78 is 41.7. The Morgan fingerprint density at radius 2 is 1.65 bits per heavy atom. The van der Waals surface area contributed by atoms with Gasteiger partial charge < -0.3 is 29.7 Å². The first-order valence-electron chi connectivity index (χ1n) is 12.6. The van der Waals surface area contributed by atoms with Crippen molar-refractivity contribution in [3.63, 3.8) is 0 Å². The molecule has 0 saturated carbocycles. The van der Waals surface area contributed by atoms with Gasteiger partial charge in [0.25, 0.3) is 11.6 Å². The molecule has 0 spiro atoms. The summed E-state index contributed by atoms with van der Waals surface area (Å²) in [7, 11) is 0. The van der Waals surface area contributed by atoms with Crippen LogP contribution in [0.5, 0.6) is 6.01 Å². The van der Waals surface area contributed by atoms with Gasteiger partial charge >= 0.3 is 0 Å². The molecule has 6 rings (SSSR count). The highest BCUT2D eigenvalue weighted by Crippen LogP contribution is 2.34. The average Bonchev–Trinajstić information content (AvgIpc) is 3.36. The largest absolute Gasteiger partial charge is 0.459 e. The lowest BCUT2D eigenvalue weighted by molar-refractivity contribution is -0.131. The third-order valence-electron chi connectivity index (χ3n) is 6.87. The Labute approximate surface area is 226 Å². The minimum Gasteiger partial charge on any atom is -0.459 e.